The maximum Gasteiger partial charge on any atom is 0.138 e. The monoisotopic (exact) mass is 279 g/mol. The van der Waals surface area contributed by atoms with Crippen molar-refractivity contribution in [3.05, 3.63) is 12.2 Å². The molecule has 1 atom stereocenters. The average molecular weight is 279 g/mol. The number of nitrogens with one attached hydrogen (secondary N) is 1. The second-order valence-corrected chi connectivity index (χ2v) is 6.47. The van der Waals surface area contributed by atoms with E-state index < -0.39 is 0 Å². The molecule has 5 nitrogen and oxygen atoms in total. The Bertz CT molecular complexity index is 418. The highest BCUT2D eigenvalue weighted by Crippen LogP contribution is 2.37. The largest absolute Gasteiger partial charge is 0.315 e. The minimum absolute atomic E-state index is 0.252. The first-order chi connectivity index (χ1) is 9.51. The average Bonchev–Trinajstić information content (AvgIpc) is 3.05. The number of hydrogen-bond donors (Lipinski definition) is 1. The van der Waals surface area contributed by atoms with E-state index in [4.69, 9.17) is 0 Å². The smallest absolute Gasteiger partial charge is 0.138 e. The lowest BCUT2D eigenvalue weighted by molar-refractivity contribution is 0.106. The molecule has 0 aliphatic heterocycles. The quantitative estimate of drug-likeness (QED) is 0.863. The van der Waals surface area contributed by atoms with Gasteiger partial charge in [-0.15, -0.1) is 0 Å². The maximum atomic E-state index is 4.48. The fourth-order valence-electron chi connectivity index (χ4n) is 3.69. The molecule has 1 aromatic heterocycles. The lowest BCUT2D eigenvalue weighted by Crippen LogP contribution is -2.57. The van der Waals surface area contributed by atoms with E-state index >= 15 is 0 Å². The Labute approximate surface area is 122 Å². The third-order valence-corrected chi connectivity index (χ3v) is 4.88. The molecular formula is C15H29N5. The predicted octanol–water partition coefficient (Wildman–Crippen LogP) is 1.86. The molecule has 0 saturated heterocycles. The van der Waals surface area contributed by atoms with E-state index in [2.05, 4.69) is 55.3 Å². The number of likely N-dealkylation sites (N-methyl/N-ethyl adjacent to an activating group) is 2. The Hall–Kier alpha value is -0.940. The van der Waals surface area contributed by atoms with Crippen LogP contribution in [0.4, 0.5) is 0 Å². The van der Waals surface area contributed by atoms with Crippen LogP contribution in [0, 0.1) is 0 Å². The summed E-state index contributed by atoms with van der Waals surface area (Å²) in [6.45, 7) is 4.31. The summed E-state index contributed by atoms with van der Waals surface area (Å²) in [5.74, 6) is 1.09. The first-order valence-corrected chi connectivity index (χ1v) is 7.74. The Balaban J connectivity index is 2.22. The number of hydrogen-bond acceptors (Lipinski definition) is 4. The van der Waals surface area contributed by atoms with Gasteiger partial charge < -0.3 is 10.2 Å². The molecule has 1 aliphatic carbocycles. The van der Waals surface area contributed by atoms with Gasteiger partial charge >= 0.3 is 0 Å². The Morgan fingerprint density at radius 3 is 2.50 bits per heavy atom. The predicted molar refractivity (Wildman–Crippen MR) is 81.8 cm³/mol. The van der Waals surface area contributed by atoms with Gasteiger partial charge in [-0.1, -0.05) is 12.8 Å². The lowest BCUT2D eigenvalue weighted by atomic mass is 9.84. The highest BCUT2D eigenvalue weighted by atomic mass is 15.3. The van der Waals surface area contributed by atoms with Gasteiger partial charge in [0.1, 0.15) is 12.2 Å². The molecule has 1 N–H and O–H groups in total. The molecule has 5 heteroatoms. The maximum absolute atomic E-state index is 4.48. The van der Waals surface area contributed by atoms with Crippen molar-refractivity contribution in [2.45, 2.75) is 63.6 Å². The normalized spacial score (nSPS) is 19.9. The lowest BCUT2D eigenvalue weighted by Gasteiger charge is -2.43. The zero-order chi connectivity index (χ0) is 14.8. The fraction of sp³-hybridized carbons (Fsp3) is 0.867. The second-order valence-electron chi connectivity index (χ2n) is 6.47. The molecule has 1 aliphatic rings. The Morgan fingerprint density at radius 2 is 2.00 bits per heavy atom. The van der Waals surface area contributed by atoms with Gasteiger partial charge in [0.05, 0.1) is 0 Å². The standard InChI is InChI=1S/C15H29N5/c1-12(2)20-14(17-11-18-20)10-13(16-3)15(19(4)5)8-6-7-9-15/h11-13,16H,6-10H2,1-5H3. The molecule has 0 bridgehead atoms. The molecule has 2 rings (SSSR count). The summed E-state index contributed by atoms with van der Waals surface area (Å²) in [4.78, 5) is 6.89. The van der Waals surface area contributed by atoms with Crippen LogP contribution in [0.2, 0.25) is 0 Å². The number of aromatic nitrogens is 3. The van der Waals surface area contributed by atoms with Crippen molar-refractivity contribution in [3.63, 3.8) is 0 Å². The van der Waals surface area contributed by atoms with Crippen LogP contribution in [0.3, 0.4) is 0 Å². The van der Waals surface area contributed by atoms with Crippen LogP contribution in [0.1, 0.15) is 51.4 Å². The molecule has 0 radical (unpaired) electrons. The van der Waals surface area contributed by atoms with E-state index in [9.17, 15) is 0 Å². The molecule has 0 spiro atoms. The topological polar surface area (TPSA) is 46.0 Å². The first-order valence-electron chi connectivity index (χ1n) is 7.74. The molecule has 20 heavy (non-hydrogen) atoms. The minimum Gasteiger partial charge on any atom is -0.315 e. The first kappa shape index (κ1) is 15.4. The molecule has 1 heterocycles. The highest BCUT2D eigenvalue weighted by molar-refractivity contribution is 5.06. The third-order valence-electron chi connectivity index (χ3n) is 4.88. The van der Waals surface area contributed by atoms with Gasteiger partial charge in [-0.05, 0) is 47.8 Å². The van der Waals surface area contributed by atoms with Crippen molar-refractivity contribution in [1.82, 2.24) is 25.0 Å². The zero-order valence-corrected chi connectivity index (χ0v) is 13.6. The van der Waals surface area contributed by atoms with Crippen LogP contribution >= 0.6 is 0 Å². The van der Waals surface area contributed by atoms with Crippen LogP contribution < -0.4 is 5.32 Å². The minimum atomic E-state index is 0.252. The van der Waals surface area contributed by atoms with Gasteiger partial charge in [-0.3, -0.25) is 0 Å². The number of nitrogens with zero attached hydrogens (tertiary/aromatic N) is 4. The van der Waals surface area contributed by atoms with Crippen molar-refractivity contribution in [2.75, 3.05) is 21.1 Å². The molecule has 114 valence electrons. The summed E-state index contributed by atoms with van der Waals surface area (Å²) in [6, 6.07) is 0.783. The van der Waals surface area contributed by atoms with Gasteiger partial charge in [0.25, 0.3) is 0 Å². The molecule has 1 unspecified atom stereocenters. The van der Waals surface area contributed by atoms with Gasteiger partial charge in [0, 0.05) is 24.0 Å². The van der Waals surface area contributed by atoms with E-state index in [0.29, 0.717) is 12.1 Å². The van der Waals surface area contributed by atoms with Crippen LogP contribution in [0.15, 0.2) is 6.33 Å². The van der Waals surface area contributed by atoms with E-state index in [1.54, 1.807) is 6.33 Å². The summed E-state index contributed by atoms with van der Waals surface area (Å²) in [5.41, 5.74) is 0.252. The van der Waals surface area contributed by atoms with E-state index in [1.807, 2.05) is 4.68 Å². The van der Waals surface area contributed by atoms with Crippen LogP contribution in [-0.2, 0) is 6.42 Å². The second kappa shape index (κ2) is 6.22. The van der Waals surface area contributed by atoms with Crippen LogP contribution in [-0.4, -0.2) is 52.4 Å². The Morgan fingerprint density at radius 1 is 1.35 bits per heavy atom. The van der Waals surface area contributed by atoms with Crippen LogP contribution in [0.5, 0.6) is 0 Å². The fourth-order valence-corrected chi connectivity index (χ4v) is 3.69. The van der Waals surface area contributed by atoms with Crippen LogP contribution in [0.25, 0.3) is 0 Å². The molecule has 1 fully saturated rings. The van der Waals surface area contributed by atoms with Crippen molar-refractivity contribution in [1.29, 1.82) is 0 Å². The zero-order valence-electron chi connectivity index (χ0n) is 13.6. The molecular weight excluding hydrogens is 250 g/mol. The van der Waals surface area contributed by atoms with E-state index in [1.165, 1.54) is 25.7 Å². The van der Waals surface area contributed by atoms with E-state index in [0.717, 1.165) is 12.2 Å². The van der Waals surface area contributed by atoms with Gasteiger partial charge in [-0.25, -0.2) is 9.67 Å². The van der Waals surface area contributed by atoms with Gasteiger partial charge in [0.15, 0.2) is 0 Å². The SMILES string of the molecule is CNC(Cc1ncnn1C(C)C)C1(N(C)C)CCCC1. The molecule has 1 saturated carbocycles. The van der Waals surface area contributed by atoms with Crippen molar-refractivity contribution < 1.29 is 0 Å². The van der Waals surface area contributed by atoms with Gasteiger partial charge in [0.2, 0.25) is 0 Å². The van der Waals surface area contributed by atoms with Gasteiger partial charge in [-0.2, -0.15) is 5.10 Å². The summed E-state index contributed by atoms with van der Waals surface area (Å²) in [7, 11) is 6.50. The highest BCUT2D eigenvalue weighted by Gasteiger charge is 2.43. The summed E-state index contributed by atoms with van der Waals surface area (Å²) in [5, 5.41) is 7.91. The number of rotatable bonds is 6. The third kappa shape index (κ3) is 2.74. The van der Waals surface area contributed by atoms with Crippen molar-refractivity contribution in [2.24, 2.45) is 0 Å². The molecule has 0 amide bonds. The van der Waals surface area contributed by atoms with Crippen molar-refractivity contribution >= 4 is 0 Å². The van der Waals surface area contributed by atoms with Crippen molar-refractivity contribution in [3.8, 4) is 0 Å². The molecule has 1 aromatic rings. The van der Waals surface area contributed by atoms with E-state index in [-0.39, 0.29) is 5.54 Å². The summed E-state index contributed by atoms with van der Waals surface area (Å²) >= 11 is 0. The summed E-state index contributed by atoms with van der Waals surface area (Å²) in [6.07, 6.45) is 7.80. The summed E-state index contributed by atoms with van der Waals surface area (Å²) < 4.78 is 2.04. The molecule has 0 aromatic carbocycles. The Kier molecular flexibility index (Phi) is 4.81.